The van der Waals surface area contributed by atoms with Gasteiger partial charge in [0.1, 0.15) is 0 Å². The van der Waals surface area contributed by atoms with Gasteiger partial charge in [0.2, 0.25) is 0 Å². The Balaban J connectivity index is 2.06. The van der Waals surface area contributed by atoms with Gasteiger partial charge in [0.25, 0.3) is 5.69 Å². The fraction of sp³-hybridized carbons (Fsp3) is 0. The zero-order chi connectivity index (χ0) is 13.0. The van der Waals surface area contributed by atoms with Crippen molar-refractivity contribution < 1.29 is 4.92 Å². The number of thiophene rings is 1. The summed E-state index contributed by atoms with van der Waals surface area (Å²) in [6, 6.07) is 9.67. The second kappa shape index (κ2) is 5.61. The van der Waals surface area contributed by atoms with Crippen molar-refractivity contribution in [2.75, 3.05) is 5.43 Å². The first kappa shape index (κ1) is 12.5. The van der Waals surface area contributed by atoms with Crippen molar-refractivity contribution >= 4 is 39.5 Å². The molecule has 5 nitrogen and oxygen atoms in total. The molecular weight excluding hydrogens is 274 g/mol. The lowest BCUT2D eigenvalue weighted by molar-refractivity contribution is -0.384. The van der Waals surface area contributed by atoms with E-state index in [0.29, 0.717) is 10.9 Å². The average molecular weight is 282 g/mol. The third-order valence-corrected chi connectivity index (χ3v) is 3.36. The highest BCUT2D eigenvalue weighted by molar-refractivity contribution is 7.14. The molecule has 0 atom stereocenters. The number of anilines is 1. The number of nitrogens with zero attached hydrogens (tertiary/aromatic N) is 2. The molecule has 0 spiro atoms. The minimum atomic E-state index is -0.453. The monoisotopic (exact) mass is 281 g/mol. The van der Waals surface area contributed by atoms with Gasteiger partial charge in [-0.15, -0.1) is 11.3 Å². The molecule has 0 saturated heterocycles. The van der Waals surface area contributed by atoms with Gasteiger partial charge in [-0.3, -0.25) is 15.5 Å². The maximum atomic E-state index is 10.5. The van der Waals surface area contributed by atoms with Crippen LogP contribution in [0.3, 0.4) is 0 Å². The first-order valence-corrected chi connectivity index (χ1v) is 6.20. The van der Waals surface area contributed by atoms with Crippen molar-refractivity contribution in [2.24, 2.45) is 5.10 Å². The molecule has 1 heterocycles. The van der Waals surface area contributed by atoms with Crippen molar-refractivity contribution in [2.45, 2.75) is 0 Å². The number of nitro groups is 1. The fourth-order valence-corrected chi connectivity index (χ4v) is 2.07. The van der Waals surface area contributed by atoms with E-state index in [9.17, 15) is 10.1 Å². The largest absolute Gasteiger partial charge is 0.277 e. The first-order chi connectivity index (χ1) is 8.66. The number of halogens is 1. The van der Waals surface area contributed by atoms with Crippen LogP contribution in [0.25, 0.3) is 0 Å². The molecular formula is C11H8ClN3O2S. The Kier molecular flexibility index (Phi) is 3.91. The molecule has 0 unspecified atom stereocenters. The SMILES string of the molecule is O=[N+]([O-])c1ccc(N/N=C(/Cl)c2cccs2)cc1. The summed E-state index contributed by atoms with van der Waals surface area (Å²) < 4.78 is 0. The van der Waals surface area contributed by atoms with E-state index in [-0.39, 0.29) is 5.69 Å². The van der Waals surface area contributed by atoms with Crippen molar-refractivity contribution in [1.82, 2.24) is 0 Å². The highest BCUT2D eigenvalue weighted by atomic mass is 35.5. The molecule has 18 heavy (non-hydrogen) atoms. The highest BCUT2D eigenvalue weighted by Crippen LogP contribution is 2.17. The third-order valence-electron chi connectivity index (χ3n) is 2.09. The summed E-state index contributed by atoms with van der Waals surface area (Å²) in [5.41, 5.74) is 3.41. The van der Waals surface area contributed by atoms with Crippen LogP contribution in [0.1, 0.15) is 4.88 Å². The molecule has 0 fully saturated rings. The van der Waals surface area contributed by atoms with Gasteiger partial charge in [0.05, 0.1) is 15.5 Å². The van der Waals surface area contributed by atoms with Crippen LogP contribution in [0.2, 0.25) is 0 Å². The predicted molar refractivity (Wildman–Crippen MR) is 73.4 cm³/mol. The number of nitrogens with one attached hydrogen (secondary N) is 1. The summed E-state index contributed by atoms with van der Waals surface area (Å²) in [5.74, 6) is 0. The standard InChI is InChI=1S/C11H8ClN3O2S/c12-11(10-2-1-7-18-10)14-13-8-3-5-9(6-4-8)15(16)17/h1-7,13H/b14-11+. The summed E-state index contributed by atoms with van der Waals surface area (Å²) >= 11 is 7.45. The van der Waals surface area contributed by atoms with Gasteiger partial charge in [-0.05, 0) is 23.6 Å². The molecule has 92 valence electrons. The second-order valence-electron chi connectivity index (χ2n) is 3.30. The molecule has 2 aromatic rings. The van der Waals surface area contributed by atoms with Crippen LogP contribution in [-0.4, -0.2) is 10.1 Å². The van der Waals surface area contributed by atoms with E-state index < -0.39 is 4.92 Å². The fourth-order valence-electron chi connectivity index (χ4n) is 1.22. The van der Waals surface area contributed by atoms with E-state index in [1.807, 2.05) is 17.5 Å². The first-order valence-electron chi connectivity index (χ1n) is 4.94. The Bertz CT molecular complexity index is 566. The van der Waals surface area contributed by atoms with Crippen LogP contribution >= 0.6 is 22.9 Å². The molecule has 0 aliphatic carbocycles. The molecule has 0 radical (unpaired) electrons. The van der Waals surface area contributed by atoms with Gasteiger partial charge in [0.15, 0.2) is 5.17 Å². The van der Waals surface area contributed by atoms with E-state index in [4.69, 9.17) is 11.6 Å². The van der Waals surface area contributed by atoms with Gasteiger partial charge in [-0.1, -0.05) is 17.7 Å². The molecule has 1 aromatic heterocycles. The molecule has 0 aliphatic rings. The van der Waals surface area contributed by atoms with Crippen LogP contribution in [0.4, 0.5) is 11.4 Å². The zero-order valence-electron chi connectivity index (χ0n) is 9.04. The number of non-ortho nitro benzene ring substituents is 1. The van der Waals surface area contributed by atoms with Crippen LogP contribution in [-0.2, 0) is 0 Å². The minimum absolute atomic E-state index is 0.0360. The van der Waals surface area contributed by atoms with Crippen molar-refractivity contribution in [3.8, 4) is 0 Å². The lowest BCUT2D eigenvalue weighted by Crippen LogP contribution is -1.95. The zero-order valence-corrected chi connectivity index (χ0v) is 10.6. The summed E-state index contributed by atoms with van der Waals surface area (Å²) in [5, 5.41) is 16.7. The highest BCUT2D eigenvalue weighted by Gasteiger charge is 2.04. The average Bonchev–Trinajstić information content (AvgIpc) is 2.90. The smallest absolute Gasteiger partial charge is 0.269 e. The van der Waals surface area contributed by atoms with Crippen LogP contribution < -0.4 is 5.43 Å². The Morgan fingerprint density at radius 1 is 1.33 bits per heavy atom. The molecule has 0 bridgehead atoms. The van der Waals surface area contributed by atoms with E-state index in [0.717, 1.165) is 4.88 Å². The topological polar surface area (TPSA) is 67.5 Å². The maximum absolute atomic E-state index is 10.5. The summed E-state index contributed by atoms with van der Waals surface area (Å²) in [6.45, 7) is 0. The van der Waals surface area contributed by atoms with Crippen LogP contribution in [0.15, 0.2) is 46.9 Å². The second-order valence-corrected chi connectivity index (χ2v) is 4.60. The molecule has 2 rings (SSSR count). The Morgan fingerprint density at radius 2 is 2.06 bits per heavy atom. The Morgan fingerprint density at radius 3 is 2.61 bits per heavy atom. The molecule has 0 saturated carbocycles. The Labute approximate surface area is 112 Å². The maximum Gasteiger partial charge on any atom is 0.269 e. The van der Waals surface area contributed by atoms with Gasteiger partial charge in [0, 0.05) is 12.1 Å². The summed E-state index contributed by atoms with van der Waals surface area (Å²) in [6.07, 6.45) is 0. The minimum Gasteiger partial charge on any atom is -0.277 e. The summed E-state index contributed by atoms with van der Waals surface area (Å²) in [4.78, 5) is 10.9. The number of hydrogen-bond donors (Lipinski definition) is 1. The molecule has 0 aliphatic heterocycles. The molecule has 1 N–H and O–H groups in total. The van der Waals surface area contributed by atoms with Gasteiger partial charge >= 0.3 is 0 Å². The van der Waals surface area contributed by atoms with E-state index in [1.54, 1.807) is 12.1 Å². The van der Waals surface area contributed by atoms with Crippen LogP contribution in [0.5, 0.6) is 0 Å². The van der Waals surface area contributed by atoms with E-state index in [2.05, 4.69) is 10.5 Å². The van der Waals surface area contributed by atoms with E-state index in [1.165, 1.54) is 23.5 Å². The quantitative estimate of drug-likeness (QED) is 0.528. The number of benzene rings is 1. The van der Waals surface area contributed by atoms with Gasteiger partial charge in [-0.2, -0.15) is 5.10 Å². The lowest BCUT2D eigenvalue weighted by atomic mass is 10.3. The predicted octanol–water partition coefficient (Wildman–Crippen LogP) is 3.67. The van der Waals surface area contributed by atoms with Crippen molar-refractivity contribution in [3.63, 3.8) is 0 Å². The molecule has 0 amide bonds. The van der Waals surface area contributed by atoms with Gasteiger partial charge < -0.3 is 0 Å². The van der Waals surface area contributed by atoms with Crippen molar-refractivity contribution in [3.05, 3.63) is 56.8 Å². The van der Waals surface area contributed by atoms with Gasteiger partial charge in [-0.25, -0.2) is 0 Å². The normalized spacial score (nSPS) is 11.3. The lowest BCUT2D eigenvalue weighted by Gasteiger charge is -2.00. The van der Waals surface area contributed by atoms with Crippen LogP contribution in [0, 0.1) is 10.1 Å². The Hall–Kier alpha value is -1.92. The number of hydrazone groups is 1. The molecule has 7 heteroatoms. The summed E-state index contributed by atoms with van der Waals surface area (Å²) in [7, 11) is 0. The molecule has 1 aromatic carbocycles. The third kappa shape index (κ3) is 3.06. The van der Waals surface area contributed by atoms with Crippen molar-refractivity contribution in [1.29, 1.82) is 0 Å². The number of hydrogen-bond acceptors (Lipinski definition) is 5. The van der Waals surface area contributed by atoms with E-state index >= 15 is 0 Å². The number of rotatable bonds is 4. The number of nitro benzene ring substituents is 1.